The number of rotatable bonds is 6. The number of anilines is 1. The molecule has 8 nitrogen and oxygen atoms in total. The molecular weight excluding hydrogens is 454 g/mol. The summed E-state index contributed by atoms with van der Waals surface area (Å²) in [6.07, 6.45) is 1.34. The second-order valence-electron chi connectivity index (χ2n) is 5.27. The fourth-order valence-electron chi connectivity index (χ4n) is 2.20. The Morgan fingerprint density at radius 3 is 2.50 bits per heavy atom. The molecule has 2 aromatic carbocycles. The van der Waals surface area contributed by atoms with Gasteiger partial charge in [0.15, 0.2) is 11.5 Å². The first-order valence-corrected chi connectivity index (χ1v) is 8.76. The molecule has 0 aromatic heterocycles. The molecule has 144 valence electrons. The molecule has 1 amide bonds. The highest BCUT2D eigenvalue weighted by molar-refractivity contribution is 9.10. The molecule has 0 aliphatic heterocycles. The van der Waals surface area contributed by atoms with Gasteiger partial charge in [0, 0.05) is 16.6 Å². The second-order valence-corrected chi connectivity index (χ2v) is 6.54. The standard InChI is InChI=1S/C18H13BrClN3O5/c1-27-16-6-10(13(19)8-17(16)28-2)5-11(9-21)18(24)22-15-7-12(23(25)26)3-4-14(15)20/h3-8H,1-2H3,(H,22,24)/b11-5+. The number of nitro benzene ring substituents is 1. The van der Waals surface area contributed by atoms with Gasteiger partial charge in [-0.2, -0.15) is 5.26 Å². The lowest BCUT2D eigenvalue weighted by atomic mass is 10.1. The number of hydrogen-bond acceptors (Lipinski definition) is 6. The van der Waals surface area contributed by atoms with E-state index in [0.717, 1.165) is 6.07 Å². The molecule has 1 N–H and O–H groups in total. The van der Waals surface area contributed by atoms with E-state index < -0.39 is 10.8 Å². The fourth-order valence-corrected chi connectivity index (χ4v) is 2.80. The summed E-state index contributed by atoms with van der Waals surface area (Å²) in [4.78, 5) is 22.7. The van der Waals surface area contributed by atoms with Crippen LogP contribution in [0.4, 0.5) is 11.4 Å². The van der Waals surface area contributed by atoms with Crippen LogP contribution in [0.2, 0.25) is 5.02 Å². The molecule has 0 unspecified atom stereocenters. The molecule has 2 aromatic rings. The van der Waals surface area contributed by atoms with Crippen molar-refractivity contribution in [2.75, 3.05) is 19.5 Å². The number of amides is 1. The average Bonchev–Trinajstić information content (AvgIpc) is 2.67. The maximum absolute atomic E-state index is 12.5. The highest BCUT2D eigenvalue weighted by Gasteiger charge is 2.16. The number of carbonyl (C=O) groups excluding carboxylic acids is 1. The van der Waals surface area contributed by atoms with Crippen LogP contribution in [0.25, 0.3) is 6.08 Å². The topological polar surface area (TPSA) is 114 Å². The predicted molar refractivity (Wildman–Crippen MR) is 108 cm³/mol. The van der Waals surface area contributed by atoms with Gasteiger partial charge in [0.1, 0.15) is 11.6 Å². The molecule has 0 radical (unpaired) electrons. The van der Waals surface area contributed by atoms with Gasteiger partial charge in [0.05, 0.1) is 29.9 Å². The van der Waals surface area contributed by atoms with Crippen LogP contribution in [-0.2, 0) is 4.79 Å². The molecule has 0 aliphatic carbocycles. The zero-order chi connectivity index (χ0) is 20.8. The smallest absolute Gasteiger partial charge is 0.271 e. The van der Waals surface area contributed by atoms with Gasteiger partial charge in [-0.25, -0.2) is 0 Å². The van der Waals surface area contributed by atoms with Crippen molar-refractivity contribution >= 4 is 50.9 Å². The maximum atomic E-state index is 12.5. The first kappa shape index (κ1) is 21.2. The summed E-state index contributed by atoms with van der Waals surface area (Å²) < 4.78 is 11.0. The van der Waals surface area contributed by atoms with Crippen molar-refractivity contribution in [1.82, 2.24) is 0 Å². The van der Waals surface area contributed by atoms with Crippen LogP contribution in [0.15, 0.2) is 40.4 Å². The van der Waals surface area contributed by atoms with E-state index in [1.165, 1.54) is 32.4 Å². The molecule has 0 bridgehead atoms. The van der Waals surface area contributed by atoms with Crippen LogP contribution in [0.5, 0.6) is 11.5 Å². The molecule has 0 saturated carbocycles. The van der Waals surface area contributed by atoms with Crippen LogP contribution >= 0.6 is 27.5 Å². The van der Waals surface area contributed by atoms with E-state index in [2.05, 4.69) is 21.2 Å². The van der Waals surface area contributed by atoms with Gasteiger partial charge in [-0.15, -0.1) is 0 Å². The van der Waals surface area contributed by atoms with E-state index in [0.29, 0.717) is 21.5 Å². The number of nitriles is 1. The number of carbonyl (C=O) groups is 1. The number of non-ortho nitro benzene ring substituents is 1. The van der Waals surface area contributed by atoms with Crippen molar-refractivity contribution in [3.05, 3.63) is 61.1 Å². The van der Waals surface area contributed by atoms with Crippen molar-refractivity contribution in [1.29, 1.82) is 5.26 Å². The van der Waals surface area contributed by atoms with Gasteiger partial charge in [-0.3, -0.25) is 14.9 Å². The monoisotopic (exact) mass is 465 g/mol. The van der Waals surface area contributed by atoms with Gasteiger partial charge in [-0.05, 0) is 29.8 Å². The van der Waals surface area contributed by atoms with Gasteiger partial charge < -0.3 is 14.8 Å². The van der Waals surface area contributed by atoms with Gasteiger partial charge in [-0.1, -0.05) is 27.5 Å². The van der Waals surface area contributed by atoms with Crippen LogP contribution < -0.4 is 14.8 Å². The zero-order valence-electron chi connectivity index (χ0n) is 14.7. The van der Waals surface area contributed by atoms with Crippen LogP contribution in [0.1, 0.15) is 5.56 Å². The minimum atomic E-state index is -0.772. The SMILES string of the molecule is COc1cc(Br)c(/C=C(\C#N)C(=O)Nc2cc([N+](=O)[O-])ccc2Cl)cc1OC. The third-order valence-corrected chi connectivity index (χ3v) is 4.59. The van der Waals surface area contributed by atoms with Crippen LogP contribution in [0.3, 0.4) is 0 Å². The molecule has 0 spiro atoms. The number of halogens is 2. The molecule has 28 heavy (non-hydrogen) atoms. The van der Waals surface area contributed by atoms with E-state index in [1.807, 2.05) is 0 Å². The Morgan fingerprint density at radius 1 is 1.29 bits per heavy atom. The number of nitrogens with zero attached hydrogens (tertiary/aromatic N) is 2. The first-order chi connectivity index (χ1) is 13.3. The normalized spacial score (nSPS) is 10.8. The summed E-state index contributed by atoms with van der Waals surface area (Å²) in [6, 6.07) is 8.63. The van der Waals surface area contributed by atoms with Gasteiger partial charge in [0.25, 0.3) is 11.6 Å². The Hall–Kier alpha value is -3.09. The van der Waals surface area contributed by atoms with Gasteiger partial charge >= 0.3 is 0 Å². The number of benzene rings is 2. The Labute approximate surface area is 173 Å². The number of ether oxygens (including phenoxy) is 2. The highest BCUT2D eigenvalue weighted by Crippen LogP contribution is 2.34. The Bertz CT molecular complexity index is 1020. The molecular formula is C18H13BrClN3O5. The number of nitrogens with one attached hydrogen (secondary N) is 1. The van der Waals surface area contributed by atoms with E-state index >= 15 is 0 Å². The van der Waals surface area contributed by atoms with E-state index in [1.54, 1.807) is 18.2 Å². The summed E-state index contributed by atoms with van der Waals surface area (Å²) in [7, 11) is 2.94. The van der Waals surface area contributed by atoms with Crippen molar-refractivity contribution in [2.45, 2.75) is 0 Å². The molecule has 0 fully saturated rings. The Balaban J connectivity index is 2.38. The third kappa shape index (κ3) is 4.79. The average molecular weight is 467 g/mol. The third-order valence-electron chi connectivity index (χ3n) is 3.58. The summed E-state index contributed by atoms with van der Waals surface area (Å²) in [5.41, 5.74) is 0.0307. The summed E-state index contributed by atoms with van der Waals surface area (Å²) in [6.45, 7) is 0. The lowest BCUT2D eigenvalue weighted by Crippen LogP contribution is -2.14. The first-order valence-electron chi connectivity index (χ1n) is 7.59. The molecule has 0 heterocycles. The molecule has 0 aliphatic rings. The molecule has 0 saturated heterocycles. The maximum Gasteiger partial charge on any atom is 0.271 e. The van der Waals surface area contributed by atoms with Crippen molar-refractivity contribution < 1.29 is 19.2 Å². The quantitative estimate of drug-likeness (QED) is 0.288. The predicted octanol–water partition coefficient (Wildman–Crippen LogP) is 4.57. The lowest BCUT2D eigenvalue weighted by molar-refractivity contribution is -0.384. The zero-order valence-corrected chi connectivity index (χ0v) is 17.0. The number of hydrogen-bond donors (Lipinski definition) is 1. The lowest BCUT2D eigenvalue weighted by Gasteiger charge is -2.10. The number of methoxy groups -OCH3 is 2. The van der Waals surface area contributed by atoms with Crippen LogP contribution in [-0.4, -0.2) is 25.1 Å². The van der Waals surface area contributed by atoms with Crippen molar-refractivity contribution in [2.24, 2.45) is 0 Å². The van der Waals surface area contributed by atoms with Gasteiger partial charge in [0.2, 0.25) is 0 Å². The van der Waals surface area contributed by atoms with E-state index in [9.17, 15) is 20.2 Å². The minimum absolute atomic E-state index is 0.0217. The van der Waals surface area contributed by atoms with Crippen LogP contribution in [0, 0.1) is 21.4 Å². The van der Waals surface area contributed by atoms with E-state index in [4.69, 9.17) is 21.1 Å². The summed E-state index contributed by atoms with van der Waals surface area (Å²) >= 11 is 9.32. The largest absolute Gasteiger partial charge is 0.493 e. The second kappa shape index (κ2) is 9.21. The summed E-state index contributed by atoms with van der Waals surface area (Å²) in [5.74, 6) is 0.112. The van der Waals surface area contributed by atoms with Crippen molar-refractivity contribution in [3.63, 3.8) is 0 Å². The Kier molecular flexibility index (Phi) is 6.98. The molecule has 10 heteroatoms. The molecule has 0 atom stereocenters. The van der Waals surface area contributed by atoms with Crippen molar-refractivity contribution in [3.8, 4) is 17.6 Å². The number of nitro groups is 1. The fraction of sp³-hybridized carbons (Fsp3) is 0.111. The molecule has 2 rings (SSSR count). The minimum Gasteiger partial charge on any atom is -0.493 e. The summed E-state index contributed by atoms with van der Waals surface area (Å²) in [5, 5.41) is 22.8. The Morgan fingerprint density at radius 2 is 1.93 bits per heavy atom. The highest BCUT2D eigenvalue weighted by atomic mass is 79.9. The van der Waals surface area contributed by atoms with E-state index in [-0.39, 0.29) is 22.0 Å².